The van der Waals surface area contributed by atoms with E-state index < -0.39 is 0 Å². The average Bonchev–Trinajstić information content (AvgIpc) is 2.55. The summed E-state index contributed by atoms with van der Waals surface area (Å²) in [5, 5.41) is 7.40. The van der Waals surface area contributed by atoms with Crippen LogP contribution in [0.5, 0.6) is 0 Å². The Kier molecular flexibility index (Phi) is 5.14. The second-order valence-electron chi connectivity index (χ2n) is 6.17. The lowest BCUT2D eigenvalue weighted by molar-refractivity contribution is -0.114. The number of nitrogens with one attached hydrogen (secondary N) is 2. The molecule has 24 heavy (non-hydrogen) atoms. The highest BCUT2D eigenvalue weighted by molar-refractivity contribution is 6.42. The molecule has 1 aliphatic rings. The van der Waals surface area contributed by atoms with E-state index in [0.717, 1.165) is 18.5 Å². The molecule has 0 saturated heterocycles. The van der Waals surface area contributed by atoms with Crippen LogP contribution >= 0.6 is 23.2 Å². The van der Waals surface area contributed by atoms with Gasteiger partial charge >= 0.3 is 0 Å². The molecule has 0 aromatic heterocycles. The van der Waals surface area contributed by atoms with E-state index in [1.54, 1.807) is 0 Å². The first kappa shape index (κ1) is 17.3. The number of carbonyl (C=O) groups excluding carboxylic acids is 1. The maximum atomic E-state index is 11.3. The smallest absolute Gasteiger partial charge is 0.221 e. The first-order valence-corrected chi connectivity index (χ1v) is 8.79. The van der Waals surface area contributed by atoms with Crippen LogP contribution in [0, 0.1) is 0 Å². The topological polar surface area (TPSA) is 41.1 Å². The lowest BCUT2D eigenvalue weighted by Gasteiger charge is -2.32. The molecule has 0 aliphatic heterocycles. The van der Waals surface area contributed by atoms with Gasteiger partial charge in [-0.15, -0.1) is 0 Å². The number of amides is 1. The number of benzene rings is 2. The van der Waals surface area contributed by atoms with Crippen LogP contribution < -0.4 is 10.6 Å². The fourth-order valence-corrected chi connectivity index (χ4v) is 3.80. The summed E-state index contributed by atoms with van der Waals surface area (Å²) in [7, 11) is 1.97. The normalized spacial score (nSPS) is 19.7. The van der Waals surface area contributed by atoms with E-state index in [4.69, 9.17) is 23.2 Å². The summed E-state index contributed by atoms with van der Waals surface area (Å²) >= 11 is 12.3. The summed E-state index contributed by atoms with van der Waals surface area (Å²) in [6, 6.07) is 12.3. The van der Waals surface area contributed by atoms with Crippen molar-refractivity contribution < 1.29 is 4.79 Å². The van der Waals surface area contributed by atoms with Crippen LogP contribution in [-0.4, -0.2) is 13.0 Å². The van der Waals surface area contributed by atoms with E-state index in [-0.39, 0.29) is 17.9 Å². The minimum absolute atomic E-state index is 0.0622. The Labute approximate surface area is 152 Å². The SMILES string of the molecule is CNC1CCC(c2ccc(Cl)c(Cl)c2)c2ccc(NC(C)=O)cc21. The summed E-state index contributed by atoms with van der Waals surface area (Å²) in [5.41, 5.74) is 4.50. The Bertz CT molecular complexity index is 776. The van der Waals surface area contributed by atoms with Gasteiger partial charge in [-0.3, -0.25) is 4.79 Å². The van der Waals surface area contributed by atoms with Crippen LogP contribution in [0.25, 0.3) is 0 Å². The van der Waals surface area contributed by atoms with Crippen LogP contribution in [0.2, 0.25) is 10.0 Å². The zero-order valence-electron chi connectivity index (χ0n) is 13.7. The third-order valence-electron chi connectivity index (χ3n) is 4.60. The van der Waals surface area contributed by atoms with E-state index in [1.807, 2.05) is 31.3 Å². The van der Waals surface area contributed by atoms with Gasteiger partial charge in [-0.25, -0.2) is 0 Å². The Balaban J connectivity index is 2.03. The molecule has 0 heterocycles. The second-order valence-corrected chi connectivity index (χ2v) is 6.98. The van der Waals surface area contributed by atoms with Crippen molar-refractivity contribution in [1.82, 2.24) is 5.32 Å². The first-order chi connectivity index (χ1) is 11.5. The third-order valence-corrected chi connectivity index (χ3v) is 5.34. The van der Waals surface area contributed by atoms with E-state index in [9.17, 15) is 4.79 Å². The van der Waals surface area contributed by atoms with Gasteiger partial charge in [0.2, 0.25) is 5.91 Å². The molecule has 0 bridgehead atoms. The van der Waals surface area contributed by atoms with E-state index in [1.165, 1.54) is 23.6 Å². The van der Waals surface area contributed by atoms with Crippen molar-refractivity contribution in [3.63, 3.8) is 0 Å². The molecule has 126 valence electrons. The fourth-order valence-electron chi connectivity index (χ4n) is 3.49. The van der Waals surface area contributed by atoms with E-state index >= 15 is 0 Å². The van der Waals surface area contributed by atoms with Crippen molar-refractivity contribution in [3.05, 3.63) is 63.1 Å². The summed E-state index contributed by atoms with van der Waals surface area (Å²) < 4.78 is 0. The predicted molar refractivity (Wildman–Crippen MR) is 100 cm³/mol. The minimum atomic E-state index is -0.0622. The lowest BCUT2D eigenvalue weighted by Crippen LogP contribution is -2.24. The Morgan fingerprint density at radius 3 is 2.50 bits per heavy atom. The van der Waals surface area contributed by atoms with Gasteiger partial charge in [0.15, 0.2) is 0 Å². The number of hydrogen-bond donors (Lipinski definition) is 2. The number of halogens is 2. The summed E-state index contributed by atoms with van der Waals surface area (Å²) in [6.07, 6.45) is 2.06. The molecule has 3 rings (SSSR count). The van der Waals surface area contributed by atoms with Crippen LogP contribution in [-0.2, 0) is 4.79 Å². The molecule has 0 spiro atoms. The van der Waals surface area contributed by atoms with Gasteiger partial charge in [-0.2, -0.15) is 0 Å². The number of anilines is 1. The molecular formula is C19H20Cl2N2O. The molecule has 2 aromatic rings. The van der Waals surface area contributed by atoms with Crippen LogP contribution in [0.1, 0.15) is 48.4 Å². The van der Waals surface area contributed by atoms with Crippen molar-refractivity contribution in [3.8, 4) is 0 Å². The van der Waals surface area contributed by atoms with E-state index in [2.05, 4.69) is 22.8 Å². The van der Waals surface area contributed by atoms with Crippen LogP contribution in [0.4, 0.5) is 5.69 Å². The van der Waals surface area contributed by atoms with Gasteiger partial charge < -0.3 is 10.6 Å². The monoisotopic (exact) mass is 362 g/mol. The molecule has 0 fully saturated rings. The molecule has 1 aliphatic carbocycles. The van der Waals surface area contributed by atoms with Gasteiger partial charge in [0, 0.05) is 24.6 Å². The summed E-state index contributed by atoms with van der Waals surface area (Å²) in [5.74, 6) is 0.221. The van der Waals surface area contributed by atoms with Crippen molar-refractivity contribution in [2.45, 2.75) is 31.7 Å². The Morgan fingerprint density at radius 2 is 1.83 bits per heavy atom. The van der Waals surface area contributed by atoms with Crippen molar-refractivity contribution in [1.29, 1.82) is 0 Å². The summed E-state index contributed by atoms with van der Waals surface area (Å²) in [4.78, 5) is 11.3. The molecule has 2 N–H and O–H groups in total. The zero-order chi connectivity index (χ0) is 17.3. The van der Waals surface area contributed by atoms with Gasteiger partial charge in [-0.05, 0) is 60.8 Å². The fraction of sp³-hybridized carbons (Fsp3) is 0.316. The number of fused-ring (bicyclic) bond motifs is 1. The van der Waals surface area contributed by atoms with E-state index in [0.29, 0.717) is 10.0 Å². The molecule has 2 atom stereocenters. The van der Waals surface area contributed by atoms with Gasteiger partial charge in [0.25, 0.3) is 0 Å². The van der Waals surface area contributed by atoms with Gasteiger partial charge in [0.1, 0.15) is 0 Å². The maximum absolute atomic E-state index is 11.3. The Morgan fingerprint density at radius 1 is 1.04 bits per heavy atom. The van der Waals surface area contributed by atoms with Crippen LogP contribution in [0.15, 0.2) is 36.4 Å². The zero-order valence-corrected chi connectivity index (χ0v) is 15.2. The van der Waals surface area contributed by atoms with Crippen molar-refractivity contribution in [2.75, 3.05) is 12.4 Å². The molecule has 5 heteroatoms. The molecule has 0 radical (unpaired) electrons. The second kappa shape index (κ2) is 7.14. The molecular weight excluding hydrogens is 343 g/mol. The highest BCUT2D eigenvalue weighted by Gasteiger charge is 2.28. The Hall–Kier alpha value is -1.55. The highest BCUT2D eigenvalue weighted by Crippen LogP contribution is 2.43. The van der Waals surface area contributed by atoms with Gasteiger partial charge in [0.05, 0.1) is 10.0 Å². The van der Waals surface area contributed by atoms with Crippen molar-refractivity contribution in [2.24, 2.45) is 0 Å². The summed E-state index contributed by atoms with van der Waals surface area (Å²) in [6.45, 7) is 1.52. The minimum Gasteiger partial charge on any atom is -0.326 e. The number of rotatable bonds is 3. The van der Waals surface area contributed by atoms with Crippen LogP contribution in [0.3, 0.4) is 0 Å². The average molecular weight is 363 g/mol. The standard InChI is InChI=1S/C19H20Cl2N2O/c1-11(24)23-13-4-5-15-14(6-8-19(22-2)16(15)10-13)12-3-7-17(20)18(21)9-12/h3-5,7,9-10,14,19,22H,6,8H2,1-2H3,(H,23,24). The third kappa shape index (κ3) is 3.44. The number of carbonyl (C=O) groups is 1. The molecule has 3 nitrogen and oxygen atoms in total. The molecule has 2 aromatic carbocycles. The first-order valence-electron chi connectivity index (χ1n) is 8.03. The quantitative estimate of drug-likeness (QED) is 0.793. The van der Waals surface area contributed by atoms with Gasteiger partial charge in [-0.1, -0.05) is 35.3 Å². The lowest BCUT2D eigenvalue weighted by atomic mass is 9.76. The molecule has 2 unspecified atom stereocenters. The number of hydrogen-bond acceptors (Lipinski definition) is 2. The van der Waals surface area contributed by atoms with Crippen molar-refractivity contribution >= 4 is 34.8 Å². The maximum Gasteiger partial charge on any atom is 0.221 e. The molecule has 0 saturated carbocycles. The predicted octanol–water partition coefficient (Wildman–Crippen LogP) is 5.14. The largest absolute Gasteiger partial charge is 0.326 e. The molecule has 1 amide bonds. The highest BCUT2D eigenvalue weighted by atomic mass is 35.5.